The minimum Gasteiger partial charge on any atom is -0.468 e. The number of hydrogen-bond acceptors (Lipinski definition) is 4. The van der Waals surface area contributed by atoms with Crippen molar-refractivity contribution >= 4 is 6.03 Å². The lowest BCUT2D eigenvalue weighted by atomic mass is 10.1. The Kier molecular flexibility index (Phi) is 6.28. The molecule has 6 heteroatoms. The molecule has 1 fully saturated rings. The Balaban J connectivity index is 1.61. The van der Waals surface area contributed by atoms with Crippen molar-refractivity contribution in [3.05, 3.63) is 54.2 Å². The van der Waals surface area contributed by atoms with Gasteiger partial charge in [-0.05, 0) is 57.1 Å². The Hall–Kier alpha value is -2.34. The lowest BCUT2D eigenvalue weighted by Crippen LogP contribution is -2.44. The molecule has 1 saturated heterocycles. The van der Waals surface area contributed by atoms with Crippen molar-refractivity contribution in [1.82, 2.24) is 20.1 Å². The molecule has 1 aliphatic rings. The van der Waals surface area contributed by atoms with Crippen LogP contribution < -0.4 is 5.32 Å². The van der Waals surface area contributed by atoms with E-state index in [1.165, 1.54) is 19.3 Å². The van der Waals surface area contributed by atoms with Crippen LogP contribution in [0.1, 0.15) is 49.7 Å². The summed E-state index contributed by atoms with van der Waals surface area (Å²) in [6.45, 7) is 4.60. The summed E-state index contributed by atoms with van der Waals surface area (Å²) in [7, 11) is 1.80. The van der Waals surface area contributed by atoms with Gasteiger partial charge in [0.15, 0.2) is 0 Å². The van der Waals surface area contributed by atoms with E-state index in [1.807, 2.05) is 37.3 Å². The molecule has 2 unspecified atom stereocenters. The standard InChI is InChI=1S/C20H28N4O2/c1-16(17-9-4-5-11-21-17)23(2)20(25)22-15-18(19-10-8-14-26-19)24-12-6-3-7-13-24/h4-5,8-11,14,16,18H,3,6-7,12-13,15H2,1-2H3,(H,22,25). The van der Waals surface area contributed by atoms with Gasteiger partial charge in [0.2, 0.25) is 0 Å². The summed E-state index contributed by atoms with van der Waals surface area (Å²) in [4.78, 5) is 21.1. The van der Waals surface area contributed by atoms with Gasteiger partial charge in [0.05, 0.1) is 24.0 Å². The third-order valence-electron chi connectivity index (χ3n) is 5.17. The van der Waals surface area contributed by atoms with Crippen LogP contribution in [0.15, 0.2) is 47.2 Å². The van der Waals surface area contributed by atoms with Crippen LogP contribution in [0.2, 0.25) is 0 Å². The fraction of sp³-hybridized carbons (Fsp3) is 0.500. The number of rotatable bonds is 6. The zero-order valence-electron chi connectivity index (χ0n) is 15.6. The molecule has 1 N–H and O–H groups in total. The topological polar surface area (TPSA) is 61.6 Å². The molecule has 2 aromatic heterocycles. The third kappa shape index (κ3) is 4.43. The van der Waals surface area contributed by atoms with E-state index in [1.54, 1.807) is 24.4 Å². The second kappa shape index (κ2) is 8.85. The summed E-state index contributed by atoms with van der Waals surface area (Å²) in [6, 6.07) is 9.54. The molecule has 6 nitrogen and oxygen atoms in total. The molecular weight excluding hydrogens is 328 g/mol. The molecule has 2 amide bonds. The van der Waals surface area contributed by atoms with Crippen molar-refractivity contribution in [2.45, 2.75) is 38.3 Å². The molecule has 26 heavy (non-hydrogen) atoms. The summed E-state index contributed by atoms with van der Waals surface area (Å²) < 4.78 is 5.64. The minimum absolute atomic E-state index is 0.0767. The summed E-state index contributed by atoms with van der Waals surface area (Å²) in [6.07, 6.45) is 7.12. The average molecular weight is 356 g/mol. The number of pyridine rings is 1. The maximum Gasteiger partial charge on any atom is 0.317 e. The van der Waals surface area contributed by atoms with Crippen LogP contribution in [0, 0.1) is 0 Å². The molecule has 0 aromatic carbocycles. The maximum absolute atomic E-state index is 12.7. The number of urea groups is 1. The number of nitrogens with one attached hydrogen (secondary N) is 1. The molecule has 2 aromatic rings. The quantitative estimate of drug-likeness (QED) is 0.859. The van der Waals surface area contributed by atoms with Gasteiger partial charge in [0.25, 0.3) is 0 Å². The van der Waals surface area contributed by atoms with E-state index in [4.69, 9.17) is 4.42 Å². The van der Waals surface area contributed by atoms with E-state index in [9.17, 15) is 4.79 Å². The van der Waals surface area contributed by atoms with Crippen molar-refractivity contribution in [3.63, 3.8) is 0 Å². The summed E-state index contributed by atoms with van der Waals surface area (Å²) in [5.41, 5.74) is 0.878. The molecule has 0 spiro atoms. The average Bonchev–Trinajstić information content (AvgIpc) is 3.23. The maximum atomic E-state index is 12.7. The van der Waals surface area contributed by atoms with Crippen molar-refractivity contribution in [3.8, 4) is 0 Å². The Labute approximate surface area is 155 Å². The first-order valence-electron chi connectivity index (χ1n) is 9.36. The highest BCUT2D eigenvalue weighted by Gasteiger charge is 2.26. The smallest absolute Gasteiger partial charge is 0.317 e. The number of carbonyl (C=O) groups excluding carboxylic acids is 1. The highest BCUT2D eigenvalue weighted by atomic mass is 16.3. The van der Waals surface area contributed by atoms with E-state index < -0.39 is 0 Å². The first kappa shape index (κ1) is 18.5. The van der Waals surface area contributed by atoms with E-state index in [0.29, 0.717) is 6.54 Å². The molecular formula is C20H28N4O2. The van der Waals surface area contributed by atoms with Crippen molar-refractivity contribution < 1.29 is 9.21 Å². The van der Waals surface area contributed by atoms with Crippen LogP contribution in [0.4, 0.5) is 4.79 Å². The molecule has 3 rings (SSSR count). The summed E-state index contributed by atoms with van der Waals surface area (Å²) in [5, 5.41) is 3.08. The van der Waals surface area contributed by atoms with Gasteiger partial charge in [0.1, 0.15) is 5.76 Å². The predicted molar refractivity (Wildman–Crippen MR) is 101 cm³/mol. The van der Waals surface area contributed by atoms with E-state index in [-0.39, 0.29) is 18.1 Å². The number of likely N-dealkylation sites (tertiary alicyclic amines) is 1. The molecule has 0 bridgehead atoms. The van der Waals surface area contributed by atoms with Gasteiger partial charge in [0, 0.05) is 19.8 Å². The fourth-order valence-corrected chi connectivity index (χ4v) is 3.43. The first-order chi connectivity index (χ1) is 12.7. The second-order valence-corrected chi connectivity index (χ2v) is 6.86. The number of hydrogen-bond donors (Lipinski definition) is 1. The second-order valence-electron chi connectivity index (χ2n) is 6.86. The normalized spacial score (nSPS) is 17.5. The van der Waals surface area contributed by atoms with Gasteiger partial charge in [-0.3, -0.25) is 9.88 Å². The highest BCUT2D eigenvalue weighted by Crippen LogP contribution is 2.25. The zero-order valence-corrected chi connectivity index (χ0v) is 15.6. The lowest BCUT2D eigenvalue weighted by Gasteiger charge is -2.34. The van der Waals surface area contributed by atoms with Gasteiger partial charge in [-0.15, -0.1) is 0 Å². The number of carbonyl (C=O) groups is 1. The van der Waals surface area contributed by atoms with E-state index >= 15 is 0 Å². The molecule has 0 radical (unpaired) electrons. The minimum atomic E-state index is -0.100. The zero-order chi connectivity index (χ0) is 18.4. The number of aromatic nitrogens is 1. The van der Waals surface area contributed by atoms with Gasteiger partial charge >= 0.3 is 6.03 Å². The molecule has 1 aliphatic heterocycles. The number of nitrogens with zero attached hydrogens (tertiary/aromatic N) is 3. The Morgan fingerprint density at radius 2 is 2.08 bits per heavy atom. The van der Waals surface area contributed by atoms with Crippen molar-refractivity contribution in [1.29, 1.82) is 0 Å². The number of piperidine rings is 1. The third-order valence-corrected chi connectivity index (χ3v) is 5.17. The fourth-order valence-electron chi connectivity index (χ4n) is 3.43. The predicted octanol–water partition coefficient (Wildman–Crippen LogP) is 3.60. The summed E-state index contributed by atoms with van der Waals surface area (Å²) in [5.74, 6) is 0.910. The van der Waals surface area contributed by atoms with Crippen LogP contribution in [0.3, 0.4) is 0 Å². The lowest BCUT2D eigenvalue weighted by molar-refractivity contribution is 0.139. The Bertz CT molecular complexity index is 668. The monoisotopic (exact) mass is 356 g/mol. The van der Waals surface area contributed by atoms with Gasteiger partial charge in [-0.1, -0.05) is 12.5 Å². The largest absolute Gasteiger partial charge is 0.468 e. The Morgan fingerprint density at radius 1 is 1.27 bits per heavy atom. The summed E-state index contributed by atoms with van der Waals surface area (Å²) >= 11 is 0. The van der Waals surface area contributed by atoms with Crippen LogP contribution >= 0.6 is 0 Å². The number of furan rings is 1. The van der Waals surface area contributed by atoms with Gasteiger partial charge in [-0.2, -0.15) is 0 Å². The van der Waals surface area contributed by atoms with Crippen LogP contribution in [0.25, 0.3) is 0 Å². The van der Waals surface area contributed by atoms with Crippen LogP contribution in [-0.4, -0.2) is 47.5 Å². The Morgan fingerprint density at radius 3 is 2.73 bits per heavy atom. The van der Waals surface area contributed by atoms with Gasteiger partial charge < -0.3 is 14.6 Å². The van der Waals surface area contributed by atoms with Crippen molar-refractivity contribution in [2.75, 3.05) is 26.7 Å². The van der Waals surface area contributed by atoms with E-state index in [2.05, 4.69) is 15.2 Å². The van der Waals surface area contributed by atoms with E-state index in [0.717, 1.165) is 24.5 Å². The molecule has 140 valence electrons. The van der Waals surface area contributed by atoms with Gasteiger partial charge in [-0.25, -0.2) is 4.79 Å². The molecule has 0 saturated carbocycles. The van der Waals surface area contributed by atoms with Crippen molar-refractivity contribution in [2.24, 2.45) is 0 Å². The first-order valence-corrected chi connectivity index (χ1v) is 9.36. The number of amides is 2. The SMILES string of the molecule is CC(c1ccccn1)N(C)C(=O)NCC(c1ccco1)N1CCCCC1. The molecule has 0 aliphatic carbocycles. The molecule has 3 heterocycles. The van der Waals surface area contributed by atoms with Crippen LogP contribution in [-0.2, 0) is 0 Å². The van der Waals surface area contributed by atoms with Crippen LogP contribution in [0.5, 0.6) is 0 Å². The molecule has 2 atom stereocenters. The highest BCUT2D eigenvalue weighted by molar-refractivity contribution is 5.74.